The summed E-state index contributed by atoms with van der Waals surface area (Å²) in [5, 5.41) is 11.9. The van der Waals surface area contributed by atoms with Crippen molar-refractivity contribution in [1.29, 1.82) is 0 Å². The average Bonchev–Trinajstić information content (AvgIpc) is 2.90. The minimum absolute atomic E-state index is 0.0814. The molecule has 0 aliphatic rings. The molecule has 0 spiro atoms. The smallest absolute Gasteiger partial charge is 0.337 e. The van der Waals surface area contributed by atoms with Crippen LogP contribution in [0.4, 0.5) is 5.69 Å². The highest BCUT2D eigenvalue weighted by atomic mass is 127. The van der Waals surface area contributed by atoms with Gasteiger partial charge in [0.15, 0.2) is 0 Å². The maximum absolute atomic E-state index is 12.3. The van der Waals surface area contributed by atoms with E-state index >= 15 is 0 Å². The third-order valence-electron chi connectivity index (χ3n) is 3.03. The standard InChI is InChI=1S/C15H15IN2O3/c1-9(2)18-7-3-4-13(18)14(19)17-12-6-5-10(16)8-11(12)15(20)21/h3-9H,1-2H3,(H,17,19)(H,20,21). The third-order valence-corrected chi connectivity index (χ3v) is 3.70. The maximum atomic E-state index is 12.3. The molecule has 5 nitrogen and oxygen atoms in total. The molecule has 0 bridgehead atoms. The summed E-state index contributed by atoms with van der Waals surface area (Å²) in [6, 6.07) is 8.54. The number of hydrogen-bond acceptors (Lipinski definition) is 2. The van der Waals surface area contributed by atoms with Crippen molar-refractivity contribution in [1.82, 2.24) is 4.57 Å². The summed E-state index contributed by atoms with van der Waals surface area (Å²) in [6.45, 7) is 3.95. The van der Waals surface area contributed by atoms with Gasteiger partial charge in [-0.15, -0.1) is 0 Å². The van der Waals surface area contributed by atoms with Gasteiger partial charge < -0.3 is 15.0 Å². The summed E-state index contributed by atoms with van der Waals surface area (Å²) in [6.07, 6.45) is 1.83. The normalized spacial score (nSPS) is 10.7. The van der Waals surface area contributed by atoms with E-state index in [1.165, 1.54) is 6.07 Å². The lowest BCUT2D eigenvalue weighted by atomic mass is 10.1. The van der Waals surface area contributed by atoms with Crippen LogP contribution in [-0.2, 0) is 0 Å². The number of rotatable bonds is 4. The topological polar surface area (TPSA) is 71.3 Å². The molecule has 21 heavy (non-hydrogen) atoms. The van der Waals surface area contributed by atoms with Gasteiger partial charge >= 0.3 is 5.97 Å². The number of nitrogens with one attached hydrogen (secondary N) is 1. The van der Waals surface area contributed by atoms with Crippen LogP contribution in [0.5, 0.6) is 0 Å². The van der Waals surface area contributed by atoms with Crippen LogP contribution in [0.2, 0.25) is 0 Å². The molecule has 2 N–H and O–H groups in total. The van der Waals surface area contributed by atoms with E-state index in [0.717, 1.165) is 3.57 Å². The minimum atomic E-state index is -1.07. The van der Waals surface area contributed by atoms with Crippen molar-refractivity contribution >= 4 is 40.2 Å². The van der Waals surface area contributed by atoms with Crippen LogP contribution in [0.3, 0.4) is 0 Å². The van der Waals surface area contributed by atoms with Gasteiger partial charge in [-0.25, -0.2) is 4.79 Å². The summed E-state index contributed by atoms with van der Waals surface area (Å²) in [7, 11) is 0. The Labute approximate surface area is 136 Å². The Morgan fingerprint density at radius 3 is 2.62 bits per heavy atom. The van der Waals surface area contributed by atoms with Crippen molar-refractivity contribution < 1.29 is 14.7 Å². The van der Waals surface area contributed by atoms with Crippen molar-refractivity contribution in [2.75, 3.05) is 5.32 Å². The fraction of sp³-hybridized carbons (Fsp3) is 0.200. The van der Waals surface area contributed by atoms with E-state index < -0.39 is 5.97 Å². The molecule has 1 amide bonds. The molecule has 0 fully saturated rings. The zero-order valence-electron chi connectivity index (χ0n) is 11.6. The molecule has 1 aromatic heterocycles. The molecule has 0 radical (unpaired) electrons. The maximum Gasteiger partial charge on any atom is 0.337 e. The first-order chi connectivity index (χ1) is 9.90. The number of carboxylic acid groups (broad SMARTS) is 1. The monoisotopic (exact) mass is 398 g/mol. The van der Waals surface area contributed by atoms with E-state index in [-0.39, 0.29) is 17.5 Å². The summed E-state index contributed by atoms with van der Waals surface area (Å²) < 4.78 is 2.64. The van der Waals surface area contributed by atoms with Crippen LogP contribution in [-0.4, -0.2) is 21.6 Å². The second kappa shape index (κ2) is 6.30. The Kier molecular flexibility index (Phi) is 4.66. The van der Waals surface area contributed by atoms with Crippen LogP contribution in [0.15, 0.2) is 36.5 Å². The second-order valence-electron chi connectivity index (χ2n) is 4.84. The lowest BCUT2D eigenvalue weighted by molar-refractivity contribution is 0.0698. The highest BCUT2D eigenvalue weighted by molar-refractivity contribution is 14.1. The third kappa shape index (κ3) is 3.44. The number of carboxylic acids is 1. The predicted molar refractivity (Wildman–Crippen MR) is 88.9 cm³/mol. The lowest BCUT2D eigenvalue weighted by Crippen LogP contribution is -2.19. The Morgan fingerprint density at radius 2 is 2.00 bits per heavy atom. The van der Waals surface area contributed by atoms with Gasteiger partial charge in [0.05, 0.1) is 11.3 Å². The van der Waals surface area contributed by atoms with Gasteiger partial charge in [0.1, 0.15) is 5.69 Å². The van der Waals surface area contributed by atoms with Crippen molar-refractivity contribution in [3.8, 4) is 0 Å². The Morgan fingerprint density at radius 1 is 1.29 bits per heavy atom. The first kappa shape index (κ1) is 15.6. The molecule has 0 saturated carbocycles. The molecule has 2 aromatic rings. The Hall–Kier alpha value is -1.83. The van der Waals surface area contributed by atoms with Gasteiger partial charge in [-0.2, -0.15) is 0 Å². The van der Waals surface area contributed by atoms with Gasteiger partial charge in [-0.1, -0.05) is 0 Å². The SMILES string of the molecule is CC(C)n1cccc1C(=O)Nc1ccc(I)cc1C(=O)O. The molecule has 6 heteroatoms. The van der Waals surface area contributed by atoms with Gasteiger partial charge in [0, 0.05) is 15.8 Å². The van der Waals surface area contributed by atoms with Gasteiger partial charge in [0.25, 0.3) is 5.91 Å². The van der Waals surface area contributed by atoms with E-state index in [0.29, 0.717) is 11.4 Å². The molecular weight excluding hydrogens is 383 g/mol. The van der Waals surface area contributed by atoms with Crippen molar-refractivity contribution in [2.24, 2.45) is 0 Å². The molecule has 1 heterocycles. The number of amides is 1. The summed E-state index contributed by atoms with van der Waals surface area (Å²) in [5.41, 5.74) is 0.877. The van der Waals surface area contributed by atoms with Gasteiger partial charge in [0.2, 0.25) is 0 Å². The Bertz CT molecular complexity index is 692. The van der Waals surface area contributed by atoms with Gasteiger partial charge in [-0.05, 0) is 66.8 Å². The number of nitrogens with zero attached hydrogens (tertiary/aromatic N) is 1. The molecule has 0 unspecified atom stereocenters. The highest BCUT2D eigenvalue weighted by Crippen LogP contribution is 2.20. The largest absolute Gasteiger partial charge is 0.478 e. The molecule has 0 aliphatic heterocycles. The lowest BCUT2D eigenvalue weighted by Gasteiger charge is -2.14. The van der Waals surface area contributed by atoms with Crippen molar-refractivity contribution in [3.63, 3.8) is 0 Å². The van der Waals surface area contributed by atoms with Crippen LogP contribution in [0.25, 0.3) is 0 Å². The van der Waals surface area contributed by atoms with Crippen LogP contribution in [0, 0.1) is 3.57 Å². The highest BCUT2D eigenvalue weighted by Gasteiger charge is 2.17. The molecule has 0 atom stereocenters. The van der Waals surface area contributed by atoms with Crippen LogP contribution >= 0.6 is 22.6 Å². The van der Waals surface area contributed by atoms with E-state index in [1.54, 1.807) is 24.3 Å². The fourth-order valence-electron chi connectivity index (χ4n) is 2.03. The zero-order valence-corrected chi connectivity index (χ0v) is 13.8. The number of anilines is 1. The first-order valence-corrected chi connectivity index (χ1v) is 7.49. The van der Waals surface area contributed by atoms with E-state index in [4.69, 9.17) is 0 Å². The van der Waals surface area contributed by atoms with Crippen molar-refractivity contribution in [2.45, 2.75) is 19.9 Å². The number of aromatic carboxylic acids is 1. The number of carbonyl (C=O) groups excluding carboxylic acids is 1. The molecule has 2 rings (SSSR count). The molecular formula is C15H15IN2O3. The number of aromatic nitrogens is 1. The van der Waals surface area contributed by atoms with Crippen LogP contribution < -0.4 is 5.32 Å². The van der Waals surface area contributed by atoms with Crippen LogP contribution in [0.1, 0.15) is 40.7 Å². The minimum Gasteiger partial charge on any atom is -0.478 e. The summed E-state index contributed by atoms with van der Waals surface area (Å²) >= 11 is 2.03. The molecule has 1 aromatic carbocycles. The fourth-order valence-corrected chi connectivity index (χ4v) is 2.52. The van der Waals surface area contributed by atoms with Gasteiger partial charge in [-0.3, -0.25) is 4.79 Å². The molecule has 110 valence electrons. The number of benzene rings is 1. The second-order valence-corrected chi connectivity index (χ2v) is 6.09. The molecule has 0 aliphatic carbocycles. The zero-order chi connectivity index (χ0) is 15.6. The Balaban J connectivity index is 2.32. The number of halogens is 1. The van der Waals surface area contributed by atoms with Crippen molar-refractivity contribution in [3.05, 3.63) is 51.4 Å². The average molecular weight is 398 g/mol. The first-order valence-electron chi connectivity index (χ1n) is 6.41. The summed E-state index contributed by atoms with van der Waals surface area (Å²) in [4.78, 5) is 23.6. The van der Waals surface area contributed by atoms with E-state index in [1.807, 2.05) is 47.2 Å². The number of carbonyl (C=O) groups is 2. The van der Waals surface area contributed by atoms with E-state index in [9.17, 15) is 14.7 Å². The van der Waals surface area contributed by atoms with E-state index in [2.05, 4.69) is 5.32 Å². The summed E-state index contributed by atoms with van der Waals surface area (Å²) in [5.74, 6) is -1.39. The predicted octanol–water partition coefficient (Wildman–Crippen LogP) is 3.62. The molecule has 0 saturated heterocycles. The quantitative estimate of drug-likeness (QED) is 0.773. The number of hydrogen-bond donors (Lipinski definition) is 2.